The minimum Gasteiger partial charge on any atom is -0.373 e. The van der Waals surface area contributed by atoms with Crippen LogP contribution in [-0.4, -0.2) is 54.3 Å². The van der Waals surface area contributed by atoms with E-state index in [1.807, 2.05) is 29.2 Å². The van der Waals surface area contributed by atoms with Gasteiger partial charge in [-0.3, -0.25) is 9.59 Å². The molecule has 2 aliphatic rings. The molecule has 2 aliphatic heterocycles. The Morgan fingerprint density at radius 1 is 1.29 bits per heavy atom. The zero-order valence-electron chi connectivity index (χ0n) is 12.3. The van der Waals surface area contributed by atoms with E-state index in [4.69, 9.17) is 0 Å². The molecular weight excluding hydrogens is 266 g/mol. The Bertz CT molecular complexity index is 527. The number of hydrogen-bond acceptors (Lipinski definition) is 3. The highest BCUT2D eigenvalue weighted by Crippen LogP contribution is 2.25. The van der Waals surface area contributed by atoms with E-state index in [1.54, 1.807) is 11.9 Å². The predicted molar refractivity (Wildman–Crippen MR) is 81.0 cm³/mol. The van der Waals surface area contributed by atoms with Crippen LogP contribution in [-0.2, 0) is 16.0 Å². The maximum atomic E-state index is 12.5. The molecule has 2 heterocycles. The van der Waals surface area contributed by atoms with Crippen molar-refractivity contribution in [3.63, 3.8) is 0 Å². The fraction of sp³-hybridized carbons (Fsp3) is 0.500. The van der Waals surface area contributed by atoms with Gasteiger partial charge < -0.3 is 15.1 Å². The van der Waals surface area contributed by atoms with E-state index in [0.29, 0.717) is 6.42 Å². The molecule has 0 saturated carbocycles. The van der Waals surface area contributed by atoms with Gasteiger partial charge in [-0.15, -0.1) is 0 Å². The van der Waals surface area contributed by atoms with E-state index in [1.165, 1.54) is 0 Å². The highest BCUT2D eigenvalue weighted by atomic mass is 16.2. The average Bonchev–Trinajstić information content (AvgIpc) is 3.15. The van der Waals surface area contributed by atoms with Crippen LogP contribution in [0.5, 0.6) is 0 Å². The summed E-state index contributed by atoms with van der Waals surface area (Å²) < 4.78 is 0. The van der Waals surface area contributed by atoms with Gasteiger partial charge in [0, 0.05) is 32.2 Å². The van der Waals surface area contributed by atoms with Gasteiger partial charge in [0.05, 0.1) is 6.54 Å². The van der Waals surface area contributed by atoms with Crippen molar-refractivity contribution in [1.29, 1.82) is 0 Å². The standard InChI is InChI=1S/C16H21N3O2/c1-18(11-15(20)19-8-4-5-9-19)16(21)14-10-12-6-2-3-7-13(12)17-14/h2-3,6-7,14,17H,4-5,8-11H2,1H3. The van der Waals surface area contributed by atoms with Gasteiger partial charge in [-0.25, -0.2) is 0 Å². The van der Waals surface area contributed by atoms with Crippen molar-refractivity contribution in [2.45, 2.75) is 25.3 Å². The molecule has 1 fully saturated rings. The number of carbonyl (C=O) groups is 2. The summed E-state index contributed by atoms with van der Waals surface area (Å²) in [6.45, 7) is 1.83. The number of fused-ring (bicyclic) bond motifs is 1. The van der Waals surface area contributed by atoms with Gasteiger partial charge in [0.25, 0.3) is 0 Å². The summed E-state index contributed by atoms with van der Waals surface area (Å²) in [7, 11) is 1.71. The maximum absolute atomic E-state index is 12.5. The third-order valence-electron chi connectivity index (χ3n) is 4.28. The molecule has 112 valence electrons. The molecule has 1 atom stereocenters. The van der Waals surface area contributed by atoms with E-state index in [0.717, 1.165) is 37.2 Å². The molecule has 1 saturated heterocycles. The Hall–Kier alpha value is -2.04. The third kappa shape index (κ3) is 2.86. The van der Waals surface area contributed by atoms with Gasteiger partial charge in [-0.05, 0) is 24.5 Å². The van der Waals surface area contributed by atoms with Crippen molar-refractivity contribution in [1.82, 2.24) is 9.80 Å². The highest BCUT2D eigenvalue weighted by molar-refractivity contribution is 5.90. The summed E-state index contributed by atoms with van der Waals surface area (Å²) in [6.07, 6.45) is 2.84. The van der Waals surface area contributed by atoms with Crippen molar-refractivity contribution >= 4 is 17.5 Å². The zero-order valence-corrected chi connectivity index (χ0v) is 12.3. The van der Waals surface area contributed by atoms with E-state index < -0.39 is 0 Å². The molecule has 0 spiro atoms. The maximum Gasteiger partial charge on any atom is 0.245 e. The number of para-hydroxylation sites is 1. The van der Waals surface area contributed by atoms with Crippen LogP contribution < -0.4 is 5.32 Å². The number of likely N-dealkylation sites (tertiary alicyclic amines) is 1. The number of benzene rings is 1. The second kappa shape index (κ2) is 5.76. The molecule has 5 nitrogen and oxygen atoms in total. The SMILES string of the molecule is CN(CC(=O)N1CCCC1)C(=O)C1Cc2ccccc2N1. The van der Waals surface area contributed by atoms with Crippen molar-refractivity contribution < 1.29 is 9.59 Å². The molecule has 1 N–H and O–H groups in total. The molecule has 5 heteroatoms. The molecular formula is C16H21N3O2. The fourth-order valence-corrected chi connectivity index (χ4v) is 3.06. The van der Waals surface area contributed by atoms with Gasteiger partial charge >= 0.3 is 0 Å². The number of nitrogens with one attached hydrogen (secondary N) is 1. The van der Waals surface area contributed by atoms with Gasteiger partial charge in [0.1, 0.15) is 6.04 Å². The highest BCUT2D eigenvalue weighted by Gasteiger charge is 2.30. The topological polar surface area (TPSA) is 52.7 Å². The van der Waals surface area contributed by atoms with Crippen LogP contribution in [0.3, 0.4) is 0 Å². The molecule has 3 rings (SSSR count). The normalized spacial score (nSPS) is 20.0. The lowest BCUT2D eigenvalue weighted by Crippen LogP contribution is -2.45. The number of nitrogens with zero attached hydrogens (tertiary/aromatic N) is 2. The van der Waals surface area contributed by atoms with E-state index in [9.17, 15) is 9.59 Å². The first-order chi connectivity index (χ1) is 10.1. The van der Waals surface area contributed by atoms with E-state index in [-0.39, 0.29) is 24.4 Å². The summed E-state index contributed by atoms with van der Waals surface area (Å²) in [5, 5.41) is 3.24. The zero-order chi connectivity index (χ0) is 14.8. The molecule has 0 radical (unpaired) electrons. The molecule has 0 aromatic heterocycles. The summed E-state index contributed by atoms with van der Waals surface area (Å²) in [6, 6.07) is 7.70. The largest absolute Gasteiger partial charge is 0.373 e. The minimum absolute atomic E-state index is 0.0150. The quantitative estimate of drug-likeness (QED) is 0.906. The van der Waals surface area contributed by atoms with Crippen LogP contribution in [0.2, 0.25) is 0 Å². The number of amides is 2. The second-order valence-electron chi connectivity index (χ2n) is 5.84. The predicted octanol–water partition coefficient (Wildman–Crippen LogP) is 1.10. The monoisotopic (exact) mass is 287 g/mol. The summed E-state index contributed by atoms with van der Waals surface area (Å²) in [5.74, 6) is 0.0395. The first kappa shape index (κ1) is 13.9. The van der Waals surface area contributed by atoms with Crippen molar-refractivity contribution in [3.05, 3.63) is 29.8 Å². The Labute approximate surface area is 124 Å². The number of likely N-dealkylation sites (N-methyl/N-ethyl adjacent to an activating group) is 1. The van der Waals surface area contributed by atoms with Gasteiger partial charge in [-0.2, -0.15) is 0 Å². The Morgan fingerprint density at radius 3 is 2.71 bits per heavy atom. The Kier molecular flexibility index (Phi) is 3.82. The lowest BCUT2D eigenvalue weighted by molar-refractivity contribution is -0.139. The molecule has 0 aliphatic carbocycles. The lowest BCUT2D eigenvalue weighted by Gasteiger charge is -2.23. The second-order valence-corrected chi connectivity index (χ2v) is 5.84. The van der Waals surface area contributed by atoms with Crippen LogP contribution in [0.15, 0.2) is 24.3 Å². The van der Waals surface area contributed by atoms with Crippen molar-refractivity contribution in [2.75, 3.05) is 32.0 Å². The van der Waals surface area contributed by atoms with E-state index >= 15 is 0 Å². The number of rotatable bonds is 3. The van der Waals surface area contributed by atoms with Crippen molar-refractivity contribution in [3.8, 4) is 0 Å². The fourth-order valence-electron chi connectivity index (χ4n) is 3.06. The van der Waals surface area contributed by atoms with E-state index in [2.05, 4.69) is 5.32 Å². The third-order valence-corrected chi connectivity index (χ3v) is 4.28. The van der Waals surface area contributed by atoms with Crippen LogP contribution >= 0.6 is 0 Å². The smallest absolute Gasteiger partial charge is 0.245 e. The molecule has 2 amide bonds. The summed E-state index contributed by atoms with van der Waals surface area (Å²) in [5.41, 5.74) is 2.19. The first-order valence-electron chi connectivity index (χ1n) is 7.52. The number of hydrogen-bond donors (Lipinski definition) is 1. The summed E-state index contributed by atoms with van der Waals surface area (Å²) >= 11 is 0. The molecule has 21 heavy (non-hydrogen) atoms. The lowest BCUT2D eigenvalue weighted by atomic mass is 10.1. The number of anilines is 1. The Balaban J connectivity index is 1.57. The molecule has 1 unspecified atom stereocenters. The number of carbonyl (C=O) groups excluding carboxylic acids is 2. The van der Waals surface area contributed by atoms with Crippen LogP contribution in [0.1, 0.15) is 18.4 Å². The molecule has 1 aromatic rings. The minimum atomic E-state index is -0.251. The van der Waals surface area contributed by atoms with Crippen LogP contribution in [0, 0.1) is 0 Å². The average molecular weight is 287 g/mol. The first-order valence-corrected chi connectivity index (χ1v) is 7.52. The van der Waals surface area contributed by atoms with Crippen LogP contribution in [0.4, 0.5) is 5.69 Å². The van der Waals surface area contributed by atoms with Gasteiger partial charge in [0.15, 0.2) is 0 Å². The molecule has 1 aromatic carbocycles. The van der Waals surface area contributed by atoms with Crippen LogP contribution in [0.25, 0.3) is 0 Å². The molecule has 0 bridgehead atoms. The Morgan fingerprint density at radius 2 is 2.00 bits per heavy atom. The van der Waals surface area contributed by atoms with Gasteiger partial charge in [0.2, 0.25) is 11.8 Å². The van der Waals surface area contributed by atoms with Crippen molar-refractivity contribution in [2.24, 2.45) is 0 Å². The summed E-state index contributed by atoms with van der Waals surface area (Å²) in [4.78, 5) is 28.0. The van der Waals surface area contributed by atoms with Gasteiger partial charge in [-0.1, -0.05) is 18.2 Å².